The van der Waals surface area contributed by atoms with Crippen molar-refractivity contribution in [3.63, 3.8) is 0 Å². The molecule has 5 rings (SSSR count). The Kier molecular flexibility index (Phi) is 15.9. The van der Waals surface area contributed by atoms with Crippen LogP contribution in [0.2, 0.25) is 0 Å². The Morgan fingerprint density at radius 1 is 0.898 bits per heavy atom. The number of hydrogen-bond donors (Lipinski definition) is 8. The molecule has 3 saturated heterocycles. The van der Waals surface area contributed by atoms with E-state index in [9.17, 15) is 20.4 Å². The van der Waals surface area contributed by atoms with Crippen LogP contribution in [-0.2, 0) is 18.9 Å². The van der Waals surface area contributed by atoms with Crippen molar-refractivity contribution in [2.45, 2.75) is 177 Å². The number of methoxy groups -OCH3 is 1. The molecule has 0 spiro atoms. The molecule has 49 heavy (non-hydrogen) atoms. The molecule has 9 unspecified atom stereocenters. The molecule has 12 heteroatoms. The highest BCUT2D eigenvalue weighted by Gasteiger charge is 2.45. The molecule has 286 valence electrons. The van der Waals surface area contributed by atoms with Gasteiger partial charge < -0.3 is 50.0 Å². The molecule has 11 N–H and O–H groups in total. The molecule has 5 aliphatic rings. The summed E-state index contributed by atoms with van der Waals surface area (Å²) >= 11 is 0. The van der Waals surface area contributed by atoms with Crippen molar-refractivity contribution in [1.29, 1.82) is 0 Å². The van der Waals surface area contributed by atoms with Crippen LogP contribution in [0.5, 0.6) is 0 Å². The van der Waals surface area contributed by atoms with E-state index < -0.39 is 24.4 Å². The summed E-state index contributed by atoms with van der Waals surface area (Å²) < 4.78 is 25.2. The van der Waals surface area contributed by atoms with Crippen molar-refractivity contribution in [3.8, 4) is 0 Å². The lowest BCUT2D eigenvalue weighted by atomic mass is 9.76. The normalized spacial score (nSPS) is 44.4. The molecule has 0 aromatic rings. The number of hydrogen-bond acceptors (Lipinski definition) is 10. The summed E-state index contributed by atoms with van der Waals surface area (Å²) in [6, 6.07) is 0.953. The van der Waals surface area contributed by atoms with E-state index in [1.807, 2.05) is 0 Å². The third-order valence-corrected chi connectivity index (χ3v) is 12.6. The van der Waals surface area contributed by atoms with E-state index in [4.69, 9.17) is 24.7 Å². The van der Waals surface area contributed by atoms with Gasteiger partial charge >= 0.3 is 0 Å². The van der Waals surface area contributed by atoms with Gasteiger partial charge in [0.1, 0.15) is 18.3 Å². The fourth-order valence-electron chi connectivity index (χ4n) is 9.80. The summed E-state index contributed by atoms with van der Waals surface area (Å²) in [6.45, 7) is 6.56. The SMILES string of the molecule is COC1CC([C@H]2C[C@@H](O)C[C@H](CCC3CCC(O)C(OCNC[C@H](C)O)C3)O2)CC(OC[C@H]2[NH2+][C@H](C)CC[C@@H]2CC2CC[NH2+]C(N)C2)C1O. The molecule has 2 saturated carbocycles. The molecular weight excluding hydrogens is 628 g/mol. The summed E-state index contributed by atoms with van der Waals surface area (Å²) in [5, 5.41) is 50.2. The average molecular weight is 701 g/mol. The lowest BCUT2D eigenvalue weighted by Gasteiger charge is -2.45. The molecule has 0 aromatic heterocycles. The first-order valence-electron chi connectivity index (χ1n) is 19.9. The number of ether oxygens (including phenoxy) is 4. The number of quaternary nitrogens is 2. The smallest absolute Gasteiger partial charge is 0.137 e. The van der Waals surface area contributed by atoms with Gasteiger partial charge in [-0.25, -0.2) is 0 Å². The molecule has 0 amide bonds. The minimum atomic E-state index is -0.684. The maximum Gasteiger partial charge on any atom is 0.137 e. The first kappa shape index (κ1) is 39.7. The van der Waals surface area contributed by atoms with Gasteiger partial charge in [0, 0.05) is 26.0 Å². The third kappa shape index (κ3) is 12.0. The van der Waals surface area contributed by atoms with Gasteiger partial charge in [0.05, 0.1) is 74.8 Å². The minimum absolute atomic E-state index is 0.0236. The van der Waals surface area contributed by atoms with Crippen molar-refractivity contribution in [1.82, 2.24) is 5.32 Å². The van der Waals surface area contributed by atoms with Crippen LogP contribution in [0.15, 0.2) is 0 Å². The number of aliphatic hydroxyl groups is 4. The molecule has 0 aromatic carbocycles. The quantitative estimate of drug-likeness (QED) is 0.0833. The van der Waals surface area contributed by atoms with E-state index in [2.05, 4.69) is 22.9 Å². The Balaban J connectivity index is 1.12. The molecule has 3 heterocycles. The number of aliphatic hydroxyl groups excluding tert-OH is 4. The maximum atomic E-state index is 11.3. The largest absolute Gasteiger partial charge is 0.393 e. The highest BCUT2D eigenvalue weighted by Crippen LogP contribution is 2.39. The zero-order chi connectivity index (χ0) is 34.9. The zero-order valence-electron chi connectivity index (χ0n) is 30.6. The van der Waals surface area contributed by atoms with Gasteiger partial charge in [-0.2, -0.15) is 0 Å². The second kappa shape index (κ2) is 19.6. The van der Waals surface area contributed by atoms with Gasteiger partial charge in [-0.1, -0.05) is 0 Å². The van der Waals surface area contributed by atoms with Gasteiger partial charge in [-0.3, -0.25) is 11.1 Å². The van der Waals surface area contributed by atoms with Crippen molar-refractivity contribution in [2.75, 3.05) is 33.5 Å². The second-order valence-electron chi connectivity index (χ2n) is 16.8. The maximum absolute atomic E-state index is 11.3. The highest BCUT2D eigenvalue weighted by atomic mass is 16.5. The Hall–Kier alpha value is -0.480. The van der Waals surface area contributed by atoms with Crippen LogP contribution in [-0.4, -0.2) is 127 Å². The number of nitrogens with one attached hydrogen (secondary N) is 1. The lowest BCUT2D eigenvalue weighted by molar-refractivity contribution is -0.736. The summed E-state index contributed by atoms with van der Waals surface area (Å²) in [7, 11) is 1.67. The van der Waals surface area contributed by atoms with Gasteiger partial charge in [-0.05, 0) is 115 Å². The third-order valence-electron chi connectivity index (χ3n) is 12.6. The van der Waals surface area contributed by atoms with Gasteiger partial charge in [0.15, 0.2) is 0 Å². The number of nitrogens with two attached hydrogens (primary N) is 3. The lowest BCUT2D eigenvalue weighted by Crippen LogP contribution is -2.98. The molecule has 16 atom stereocenters. The molecule has 0 bridgehead atoms. The van der Waals surface area contributed by atoms with E-state index in [1.54, 1.807) is 14.0 Å². The molecule has 2 aliphatic carbocycles. The van der Waals surface area contributed by atoms with Crippen LogP contribution in [0.4, 0.5) is 0 Å². The summed E-state index contributed by atoms with van der Waals surface area (Å²) in [5.74, 6) is 1.85. The highest BCUT2D eigenvalue weighted by molar-refractivity contribution is 4.94. The van der Waals surface area contributed by atoms with E-state index in [0.29, 0.717) is 75.4 Å². The van der Waals surface area contributed by atoms with E-state index in [-0.39, 0.29) is 42.6 Å². The van der Waals surface area contributed by atoms with Crippen LogP contribution in [0.25, 0.3) is 0 Å². The summed E-state index contributed by atoms with van der Waals surface area (Å²) in [5.41, 5.74) is 6.29. The first-order valence-corrected chi connectivity index (χ1v) is 19.9. The van der Waals surface area contributed by atoms with Gasteiger partial charge in [0.25, 0.3) is 0 Å². The van der Waals surface area contributed by atoms with E-state index >= 15 is 0 Å². The Bertz CT molecular complexity index is 952. The number of rotatable bonds is 15. The fraction of sp³-hybridized carbons (Fsp3) is 1.00. The second-order valence-corrected chi connectivity index (χ2v) is 16.8. The molecule has 0 radical (unpaired) electrons. The molecule has 3 aliphatic heterocycles. The van der Waals surface area contributed by atoms with Crippen molar-refractivity contribution < 1.29 is 50.0 Å². The Morgan fingerprint density at radius 2 is 1.71 bits per heavy atom. The van der Waals surface area contributed by atoms with Crippen LogP contribution in [0, 0.1) is 23.7 Å². The standard InChI is InChI=1S/C37H70N4O8/c1-22-4-7-26(12-25-10-11-40-36(38)14-25)30(41-22)20-47-35-16-27(15-34(46-3)37(35)45)32-18-28(43)17-29(49-32)8-5-24-6-9-31(44)33(13-24)48-21-39-19-23(2)42/h22-37,39-45H,4-21,38H2,1-3H3/p+2/t22-,23+,24?,25?,26-,27?,28+,29+,30-,31?,32-,33?,34?,35?,36?,37?/m1/s1. The van der Waals surface area contributed by atoms with E-state index in [1.165, 1.54) is 25.7 Å². The topological polar surface area (TPSA) is 189 Å². The van der Waals surface area contributed by atoms with Crippen LogP contribution in [0.3, 0.4) is 0 Å². The fourth-order valence-corrected chi connectivity index (χ4v) is 9.80. The van der Waals surface area contributed by atoms with Crippen molar-refractivity contribution >= 4 is 0 Å². The molecule has 12 nitrogen and oxygen atoms in total. The Labute approximate surface area is 294 Å². The first-order chi connectivity index (χ1) is 23.6. The summed E-state index contributed by atoms with van der Waals surface area (Å²) in [4.78, 5) is 0. The average Bonchev–Trinajstić information content (AvgIpc) is 3.07. The van der Waals surface area contributed by atoms with Crippen molar-refractivity contribution in [3.05, 3.63) is 0 Å². The van der Waals surface area contributed by atoms with Gasteiger partial charge in [-0.15, -0.1) is 0 Å². The van der Waals surface area contributed by atoms with Crippen LogP contribution >= 0.6 is 0 Å². The van der Waals surface area contributed by atoms with Crippen LogP contribution in [0.1, 0.15) is 104 Å². The predicted molar refractivity (Wildman–Crippen MR) is 185 cm³/mol. The van der Waals surface area contributed by atoms with E-state index in [0.717, 1.165) is 45.1 Å². The minimum Gasteiger partial charge on any atom is -0.393 e. The molecule has 5 fully saturated rings. The zero-order valence-corrected chi connectivity index (χ0v) is 30.6. The number of piperidine rings is 2. The molecular formula is C37H72N4O8+2. The van der Waals surface area contributed by atoms with Gasteiger partial charge in [0.2, 0.25) is 0 Å². The monoisotopic (exact) mass is 701 g/mol. The Morgan fingerprint density at radius 3 is 2.49 bits per heavy atom. The van der Waals surface area contributed by atoms with Crippen LogP contribution < -0.4 is 21.7 Å². The van der Waals surface area contributed by atoms with Crippen molar-refractivity contribution in [2.24, 2.45) is 29.4 Å². The predicted octanol–water partition coefficient (Wildman–Crippen LogP) is -0.301. The summed E-state index contributed by atoms with van der Waals surface area (Å²) in [6.07, 6.45) is 10.2.